The molecule has 3 rings (SSSR count). The predicted octanol–water partition coefficient (Wildman–Crippen LogP) is 2.34. The third-order valence-electron chi connectivity index (χ3n) is 5.51. The first-order valence-corrected chi connectivity index (χ1v) is 9.22. The molecule has 0 spiro atoms. The summed E-state index contributed by atoms with van der Waals surface area (Å²) in [6.45, 7) is 1.68. The minimum Gasteiger partial charge on any atom is -0.379 e. The number of aryl methyl sites for hydroxylation is 1. The molecule has 1 aromatic rings. The average Bonchev–Trinajstić information content (AvgIpc) is 3.00. The fourth-order valence-corrected chi connectivity index (χ4v) is 4.06. The van der Waals surface area contributed by atoms with Gasteiger partial charge in [-0.3, -0.25) is 0 Å². The molecule has 1 saturated heterocycles. The van der Waals surface area contributed by atoms with Crippen molar-refractivity contribution < 1.29 is 9.53 Å². The number of carbonyl (C=O) groups excluding carboxylic acids is 1. The van der Waals surface area contributed by atoms with E-state index < -0.39 is 0 Å². The zero-order valence-corrected chi connectivity index (χ0v) is 14.9. The van der Waals surface area contributed by atoms with Gasteiger partial charge < -0.3 is 19.5 Å². The van der Waals surface area contributed by atoms with Crippen LogP contribution in [-0.2, 0) is 18.2 Å². The highest BCUT2D eigenvalue weighted by atomic mass is 16.5. The van der Waals surface area contributed by atoms with E-state index in [0.29, 0.717) is 5.92 Å². The van der Waals surface area contributed by atoms with Gasteiger partial charge in [-0.25, -0.2) is 9.78 Å². The lowest BCUT2D eigenvalue weighted by Gasteiger charge is -2.36. The Morgan fingerprint density at radius 2 is 2.17 bits per heavy atom. The van der Waals surface area contributed by atoms with Crippen LogP contribution >= 0.6 is 0 Å². The number of ether oxygens (including phenoxy) is 1. The first kappa shape index (κ1) is 17.3. The molecule has 1 aliphatic carbocycles. The molecule has 0 radical (unpaired) electrons. The molecule has 1 N–H and O–H groups in total. The third kappa shape index (κ3) is 4.09. The molecule has 0 bridgehead atoms. The second-order valence-electron chi connectivity index (χ2n) is 7.23. The fraction of sp³-hybridized carbons (Fsp3) is 0.778. The van der Waals surface area contributed by atoms with Crippen LogP contribution in [0.5, 0.6) is 0 Å². The molecular weight excluding hydrogens is 304 g/mol. The highest BCUT2D eigenvalue weighted by Gasteiger charge is 2.30. The summed E-state index contributed by atoms with van der Waals surface area (Å²) < 4.78 is 7.63. The number of amides is 2. The Morgan fingerprint density at radius 3 is 2.92 bits per heavy atom. The van der Waals surface area contributed by atoms with Gasteiger partial charge in [-0.05, 0) is 31.6 Å². The van der Waals surface area contributed by atoms with Gasteiger partial charge in [0.25, 0.3) is 0 Å². The molecule has 2 heterocycles. The van der Waals surface area contributed by atoms with Crippen LogP contribution < -0.4 is 5.32 Å². The van der Waals surface area contributed by atoms with E-state index in [1.165, 1.54) is 19.3 Å². The molecule has 0 aromatic carbocycles. The van der Waals surface area contributed by atoms with Crippen LogP contribution in [0.25, 0.3) is 0 Å². The Balaban J connectivity index is 1.53. The molecule has 2 aliphatic rings. The minimum absolute atomic E-state index is 0.0773. The van der Waals surface area contributed by atoms with Gasteiger partial charge in [0.2, 0.25) is 0 Å². The molecule has 1 saturated carbocycles. The number of carbonyl (C=O) groups is 1. The largest absolute Gasteiger partial charge is 0.379 e. The number of piperidine rings is 1. The molecule has 24 heavy (non-hydrogen) atoms. The normalized spacial score (nSPS) is 27.9. The van der Waals surface area contributed by atoms with Gasteiger partial charge in [-0.2, -0.15) is 0 Å². The van der Waals surface area contributed by atoms with Gasteiger partial charge >= 0.3 is 6.03 Å². The number of methoxy groups -OCH3 is 1. The van der Waals surface area contributed by atoms with Gasteiger partial charge in [-0.1, -0.05) is 12.8 Å². The molecule has 6 nitrogen and oxygen atoms in total. The first-order valence-electron chi connectivity index (χ1n) is 9.22. The van der Waals surface area contributed by atoms with Gasteiger partial charge in [0.15, 0.2) is 0 Å². The maximum absolute atomic E-state index is 12.7. The number of urea groups is 1. The van der Waals surface area contributed by atoms with Crippen molar-refractivity contribution in [2.45, 2.75) is 57.1 Å². The summed E-state index contributed by atoms with van der Waals surface area (Å²) in [4.78, 5) is 19.1. The van der Waals surface area contributed by atoms with Crippen molar-refractivity contribution in [1.29, 1.82) is 0 Å². The van der Waals surface area contributed by atoms with Crippen molar-refractivity contribution in [3.05, 3.63) is 18.2 Å². The Kier molecular flexibility index (Phi) is 5.76. The van der Waals surface area contributed by atoms with Crippen molar-refractivity contribution >= 4 is 6.03 Å². The van der Waals surface area contributed by atoms with E-state index in [0.717, 1.165) is 44.6 Å². The molecule has 3 atom stereocenters. The Bertz CT molecular complexity index is 545. The van der Waals surface area contributed by atoms with E-state index in [1.54, 1.807) is 7.11 Å². The summed E-state index contributed by atoms with van der Waals surface area (Å²) in [5.41, 5.74) is 0. The van der Waals surface area contributed by atoms with E-state index in [4.69, 9.17) is 4.74 Å². The van der Waals surface area contributed by atoms with Crippen molar-refractivity contribution in [2.75, 3.05) is 20.2 Å². The standard InChI is InChI=1S/C18H30N4O2/c1-21-11-9-19-17(21)12-14-6-5-10-22(13-14)18(23)20-15-7-3-4-8-16(15)24-2/h9,11,14-16H,3-8,10,12-13H2,1-2H3,(H,20,23)/t14-,15-,16-/m1/s1. The predicted molar refractivity (Wildman–Crippen MR) is 92.8 cm³/mol. The lowest BCUT2D eigenvalue weighted by molar-refractivity contribution is 0.0421. The van der Waals surface area contributed by atoms with E-state index in [2.05, 4.69) is 14.9 Å². The van der Waals surface area contributed by atoms with E-state index in [9.17, 15) is 4.79 Å². The molecule has 1 aliphatic heterocycles. The topological polar surface area (TPSA) is 59.4 Å². The van der Waals surface area contributed by atoms with E-state index >= 15 is 0 Å². The second kappa shape index (κ2) is 8.01. The minimum atomic E-state index is 0.0773. The van der Waals surface area contributed by atoms with Crippen LogP contribution in [0.1, 0.15) is 44.3 Å². The number of nitrogens with zero attached hydrogens (tertiary/aromatic N) is 3. The quantitative estimate of drug-likeness (QED) is 0.919. The summed E-state index contributed by atoms with van der Waals surface area (Å²) in [7, 11) is 3.78. The molecule has 134 valence electrons. The van der Waals surface area contributed by atoms with Crippen molar-refractivity contribution in [2.24, 2.45) is 13.0 Å². The molecular formula is C18H30N4O2. The highest BCUT2D eigenvalue weighted by Crippen LogP contribution is 2.23. The highest BCUT2D eigenvalue weighted by molar-refractivity contribution is 5.74. The zero-order chi connectivity index (χ0) is 16.9. The molecule has 6 heteroatoms. The van der Waals surface area contributed by atoms with Crippen LogP contribution in [0.4, 0.5) is 4.79 Å². The van der Waals surface area contributed by atoms with Gasteiger partial charge in [0.1, 0.15) is 5.82 Å². The Hall–Kier alpha value is -1.56. The number of imidazole rings is 1. The van der Waals surface area contributed by atoms with E-state index in [-0.39, 0.29) is 18.2 Å². The number of hydrogen-bond acceptors (Lipinski definition) is 3. The van der Waals surface area contributed by atoms with Gasteiger partial charge in [0, 0.05) is 46.1 Å². The summed E-state index contributed by atoms with van der Waals surface area (Å²) >= 11 is 0. The number of nitrogens with one attached hydrogen (secondary N) is 1. The Labute approximate surface area is 144 Å². The SMILES string of the molecule is CO[C@@H]1CCCC[C@H]1NC(=O)N1CCC[C@H](Cc2nccn2C)C1. The summed E-state index contributed by atoms with van der Waals surface area (Å²) in [6.07, 6.45) is 11.6. The lowest BCUT2D eigenvalue weighted by Crippen LogP contribution is -2.53. The molecule has 1 aromatic heterocycles. The zero-order valence-electron chi connectivity index (χ0n) is 14.9. The monoisotopic (exact) mass is 334 g/mol. The first-order chi connectivity index (χ1) is 11.7. The van der Waals surface area contributed by atoms with Gasteiger partial charge in [-0.15, -0.1) is 0 Å². The summed E-state index contributed by atoms with van der Waals surface area (Å²) in [5.74, 6) is 1.60. The van der Waals surface area contributed by atoms with Crippen molar-refractivity contribution in [3.8, 4) is 0 Å². The van der Waals surface area contributed by atoms with Crippen LogP contribution in [-0.4, -0.2) is 52.8 Å². The Morgan fingerprint density at radius 1 is 1.33 bits per heavy atom. The summed E-state index contributed by atoms with van der Waals surface area (Å²) in [6, 6.07) is 0.236. The molecule has 2 amide bonds. The average molecular weight is 334 g/mol. The third-order valence-corrected chi connectivity index (χ3v) is 5.51. The molecule has 0 unspecified atom stereocenters. The molecule has 2 fully saturated rings. The summed E-state index contributed by atoms with van der Waals surface area (Å²) in [5, 5.41) is 3.22. The fourth-order valence-electron chi connectivity index (χ4n) is 4.06. The van der Waals surface area contributed by atoms with E-state index in [1.807, 2.05) is 24.3 Å². The maximum Gasteiger partial charge on any atom is 0.317 e. The lowest BCUT2D eigenvalue weighted by atomic mass is 9.92. The second-order valence-corrected chi connectivity index (χ2v) is 7.23. The van der Waals surface area contributed by atoms with Crippen LogP contribution in [0.15, 0.2) is 12.4 Å². The van der Waals surface area contributed by atoms with Crippen LogP contribution in [0.2, 0.25) is 0 Å². The maximum atomic E-state index is 12.7. The van der Waals surface area contributed by atoms with Crippen LogP contribution in [0, 0.1) is 5.92 Å². The van der Waals surface area contributed by atoms with Crippen LogP contribution in [0.3, 0.4) is 0 Å². The number of likely N-dealkylation sites (tertiary alicyclic amines) is 1. The smallest absolute Gasteiger partial charge is 0.317 e. The number of rotatable bonds is 4. The number of hydrogen-bond donors (Lipinski definition) is 1. The van der Waals surface area contributed by atoms with Gasteiger partial charge in [0.05, 0.1) is 12.1 Å². The van der Waals surface area contributed by atoms with Crippen molar-refractivity contribution in [1.82, 2.24) is 19.8 Å². The van der Waals surface area contributed by atoms with Crippen molar-refractivity contribution in [3.63, 3.8) is 0 Å². The number of aromatic nitrogens is 2.